The lowest BCUT2D eigenvalue weighted by Gasteiger charge is -2.05. The highest BCUT2D eigenvalue weighted by atomic mass is 16.1. The minimum Gasteiger partial charge on any atom is -0.314 e. The molecular weight excluding hydrogens is 306 g/mol. The van der Waals surface area contributed by atoms with E-state index >= 15 is 0 Å². The highest BCUT2D eigenvalue weighted by Gasteiger charge is 2.11. The van der Waals surface area contributed by atoms with Crippen molar-refractivity contribution in [2.24, 2.45) is 0 Å². The Morgan fingerprint density at radius 2 is 1.44 bits per heavy atom. The molecule has 2 nitrogen and oxygen atoms in total. The molecule has 0 aliphatic carbocycles. The van der Waals surface area contributed by atoms with Crippen molar-refractivity contribution in [2.45, 2.75) is 12.8 Å². The van der Waals surface area contributed by atoms with Crippen molar-refractivity contribution in [3.8, 4) is 11.1 Å². The number of benzene rings is 2. The molecule has 0 radical (unpaired) electrons. The van der Waals surface area contributed by atoms with E-state index in [1.807, 2.05) is 34.9 Å². The highest BCUT2D eigenvalue weighted by Crippen LogP contribution is 2.27. The summed E-state index contributed by atoms with van der Waals surface area (Å²) < 4.78 is 1.94. The second-order valence-electron chi connectivity index (χ2n) is 6.24. The minimum absolute atomic E-state index is 0.702. The van der Waals surface area contributed by atoms with Crippen molar-refractivity contribution in [3.63, 3.8) is 0 Å². The number of aromatic nitrogens is 1. The third-order valence-corrected chi connectivity index (χ3v) is 4.64. The van der Waals surface area contributed by atoms with E-state index in [4.69, 9.17) is 0 Å². The van der Waals surface area contributed by atoms with Crippen LogP contribution < -0.4 is 0 Å². The Bertz CT molecular complexity index is 997. The molecule has 0 saturated carbocycles. The van der Waals surface area contributed by atoms with E-state index in [1.165, 1.54) is 11.1 Å². The Labute approximate surface area is 147 Å². The monoisotopic (exact) mass is 325 g/mol. The summed E-state index contributed by atoms with van der Waals surface area (Å²) in [6.45, 7) is 0. The maximum absolute atomic E-state index is 11.6. The lowest BCUT2D eigenvalue weighted by molar-refractivity contribution is 0.111. The maximum atomic E-state index is 11.6. The molecule has 0 unspecified atom stereocenters. The fourth-order valence-corrected chi connectivity index (χ4v) is 3.28. The molecule has 0 bridgehead atoms. The van der Waals surface area contributed by atoms with Crippen LogP contribution in [0, 0.1) is 0 Å². The summed E-state index contributed by atoms with van der Waals surface area (Å²) in [5.74, 6) is 0. The zero-order valence-corrected chi connectivity index (χ0v) is 13.9. The molecule has 0 atom stereocenters. The van der Waals surface area contributed by atoms with Crippen molar-refractivity contribution in [3.05, 3.63) is 102 Å². The first-order chi connectivity index (χ1) is 12.3. The minimum atomic E-state index is 0.702. The number of fused-ring (bicyclic) bond motifs is 1. The summed E-state index contributed by atoms with van der Waals surface area (Å²) in [5, 5.41) is 0. The highest BCUT2D eigenvalue weighted by molar-refractivity contribution is 5.89. The van der Waals surface area contributed by atoms with E-state index in [-0.39, 0.29) is 0 Å². The number of pyridine rings is 1. The largest absolute Gasteiger partial charge is 0.314 e. The molecule has 2 heteroatoms. The van der Waals surface area contributed by atoms with E-state index in [1.54, 1.807) is 0 Å². The second kappa shape index (κ2) is 6.78. The molecule has 2 heterocycles. The third-order valence-electron chi connectivity index (χ3n) is 4.64. The third kappa shape index (κ3) is 3.11. The average Bonchev–Trinajstić information content (AvgIpc) is 3.06. The SMILES string of the molecule is O=Cc1c(-c2ccc(CCc3ccccc3)cc2)cc2ccccn12. The lowest BCUT2D eigenvalue weighted by Crippen LogP contribution is -1.93. The van der Waals surface area contributed by atoms with Crippen molar-refractivity contribution in [2.75, 3.05) is 0 Å². The van der Waals surface area contributed by atoms with Crippen LogP contribution in [0.5, 0.6) is 0 Å². The number of hydrogen-bond acceptors (Lipinski definition) is 1. The molecule has 4 rings (SSSR count). The number of carbonyl (C=O) groups excluding carboxylic acids is 1. The predicted molar refractivity (Wildman–Crippen MR) is 102 cm³/mol. The summed E-state index contributed by atoms with van der Waals surface area (Å²) in [5.41, 5.74) is 6.46. The van der Waals surface area contributed by atoms with Gasteiger partial charge in [0.2, 0.25) is 0 Å². The number of nitrogens with zero attached hydrogens (tertiary/aromatic N) is 1. The van der Waals surface area contributed by atoms with Gasteiger partial charge in [0, 0.05) is 17.3 Å². The number of aldehydes is 1. The van der Waals surface area contributed by atoms with E-state index in [0.717, 1.165) is 35.8 Å². The summed E-state index contributed by atoms with van der Waals surface area (Å²) in [6.07, 6.45) is 4.92. The number of rotatable bonds is 5. The van der Waals surface area contributed by atoms with E-state index in [2.05, 4.69) is 54.6 Å². The normalized spacial score (nSPS) is 10.9. The van der Waals surface area contributed by atoms with Crippen LogP contribution >= 0.6 is 0 Å². The van der Waals surface area contributed by atoms with Crippen molar-refractivity contribution >= 4 is 11.8 Å². The zero-order valence-electron chi connectivity index (χ0n) is 13.9. The van der Waals surface area contributed by atoms with Crippen LogP contribution in [0.15, 0.2) is 85.1 Å². The Morgan fingerprint density at radius 3 is 2.16 bits per heavy atom. The van der Waals surface area contributed by atoms with Crippen LogP contribution in [0.3, 0.4) is 0 Å². The molecule has 0 aliphatic rings. The standard InChI is InChI=1S/C23H19NO/c25-17-23-22(16-21-8-4-5-15-24(21)23)20-13-11-19(12-14-20)10-9-18-6-2-1-3-7-18/h1-8,11-17H,9-10H2. The van der Waals surface area contributed by atoms with Crippen LogP contribution in [0.25, 0.3) is 16.6 Å². The van der Waals surface area contributed by atoms with Gasteiger partial charge in [0.05, 0.1) is 5.69 Å². The van der Waals surface area contributed by atoms with Gasteiger partial charge in [-0.2, -0.15) is 0 Å². The number of hydrogen-bond donors (Lipinski definition) is 0. The average molecular weight is 325 g/mol. The molecule has 2 aromatic heterocycles. The van der Waals surface area contributed by atoms with E-state index in [0.29, 0.717) is 5.69 Å². The van der Waals surface area contributed by atoms with Crippen LogP contribution in [0.1, 0.15) is 21.6 Å². The molecule has 4 aromatic rings. The molecule has 0 amide bonds. The molecule has 2 aromatic carbocycles. The maximum Gasteiger partial charge on any atom is 0.167 e. The fraction of sp³-hybridized carbons (Fsp3) is 0.0870. The molecule has 0 fully saturated rings. The predicted octanol–water partition coefficient (Wildman–Crippen LogP) is 5.20. The summed E-state index contributed by atoms with van der Waals surface area (Å²) >= 11 is 0. The van der Waals surface area contributed by atoms with Crippen LogP contribution in [-0.2, 0) is 12.8 Å². The first-order valence-corrected chi connectivity index (χ1v) is 8.53. The molecule has 122 valence electrons. The Balaban J connectivity index is 1.59. The van der Waals surface area contributed by atoms with Crippen molar-refractivity contribution in [1.29, 1.82) is 0 Å². The van der Waals surface area contributed by atoms with Gasteiger partial charge in [0.15, 0.2) is 6.29 Å². The van der Waals surface area contributed by atoms with Gasteiger partial charge in [-0.1, -0.05) is 60.7 Å². The first-order valence-electron chi connectivity index (χ1n) is 8.53. The van der Waals surface area contributed by atoms with Crippen LogP contribution in [0.4, 0.5) is 0 Å². The molecule has 0 aliphatic heterocycles. The van der Waals surface area contributed by atoms with Crippen LogP contribution in [-0.4, -0.2) is 10.7 Å². The van der Waals surface area contributed by atoms with Crippen molar-refractivity contribution < 1.29 is 4.79 Å². The van der Waals surface area contributed by atoms with Crippen LogP contribution in [0.2, 0.25) is 0 Å². The van der Waals surface area contributed by atoms with Gasteiger partial charge in [-0.3, -0.25) is 4.79 Å². The Hall–Kier alpha value is -3.13. The molecule has 25 heavy (non-hydrogen) atoms. The topological polar surface area (TPSA) is 21.5 Å². The van der Waals surface area contributed by atoms with E-state index in [9.17, 15) is 4.79 Å². The molecule has 0 saturated heterocycles. The number of aryl methyl sites for hydroxylation is 2. The number of carbonyl (C=O) groups is 1. The Morgan fingerprint density at radius 1 is 0.760 bits per heavy atom. The van der Waals surface area contributed by atoms with Gasteiger partial charge in [-0.05, 0) is 47.7 Å². The van der Waals surface area contributed by atoms with Gasteiger partial charge < -0.3 is 4.40 Å². The Kier molecular flexibility index (Phi) is 4.17. The summed E-state index contributed by atoms with van der Waals surface area (Å²) in [7, 11) is 0. The van der Waals surface area contributed by atoms with Gasteiger partial charge in [0.1, 0.15) is 0 Å². The van der Waals surface area contributed by atoms with Gasteiger partial charge in [-0.15, -0.1) is 0 Å². The smallest absolute Gasteiger partial charge is 0.167 e. The van der Waals surface area contributed by atoms with E-state index < -0.39 is 0 Å². The summed E-state index contributed by atoms with van der Waals surface area (Å²) in [4.78, 5) is 11.6. The second-order valence-corrected chi connectivity index (χ2v) is 6.24. The van der Waals surface area contributed by atoms with Gasteiger partial charge in [-0.25, -0.2) is 0 Å². The quantitative estimate of drug-likeness (QED) is 0.462. The van der Waals surface area contributed by atoms with Crippen molar-refractivity contribution in [1.82, 2.24) is 4.40 Å². The summed E-state index contributed by atoms with van der Waals surface area (Å²) in [6, 6.07) is 27.1. The molecule has 0 N–H and O–H groups in total. The van der Waals surface area contributed by atoms with Gasteiger partial charge in [0.25, 0.3) is 0 Å². The van der Waals surface area contributed by atoms with Gasteiger partial charge >= 0.3 is 0 Å². The molecule has 0 spiro atoms. The molecular formula is C23H19NO. The fourth-order valence-electron chi connectivity index (χ4n) is 3.28. The first kappa shape index (κ1) is 15.4. The zero-order chi connectivity index (χ0) is 17.1. The lowest BCUT2D eigenvalue weighted by atomic mass is 10.0.